The summed E-state index contributed by atoms with van der Waals surface area (Å²) in [5.41, 5.74) is 5.32. The smallest absolute Gasteiger partial charge is 0.00561 e. The molecule has 0 amide bonds. The second-order valence-electron chi connectivity index (χ2n) is 1.60. The van der Waals surface area contributed by atoms with Gasteiger partial charge in [0.15, 0.2) is 0 Å². The van der Waals surface area contributed by atoms with E-state index >= 15 is 0 Å². The predicted octanol–water partition coefficient (Wildman–Crippen LogP) is 1.43. The van der Waals surface area contributed by atoms with Gasteiger partial charge in [0.2, 0.25) is 0 Å². The highest BCUT2D eigenvalue weighted by molar-refractivity contribution is 8.02. The predicted molar refractivity (Wildman–Crippen MR) is 49.4 cm³/mol. The molecule has 3 heteroatoms. The minimum absolute atomic E-state index is 0.821. The van der Waals surface area contributed by atoms with Gasteiger partial charge in [0, 0.05) is 23.8 Å². The molecule has 0 saturated heterocycles. The first-order chi connectivity index (χ1) is 4.41. The molecule has 0 fully saturated rings. The zero-order valence-electron chi connectivity index (χ0n) is 5.93. The zero-order valence-corrected chi connectivity index (χ0v) is 7.56. The summed E-state index contributed by atoms with van der Waals surface area (Å²) in [5.74, 6) is 4.89. The van der Waals surface area contributed by atoms with Crippen LogP contribution in [0, 0.1) is 0 Å². The van der Waals surface area contributed by atoms with Crippen molar-refractivity contribution >= 4 is 23.5 Å². The second-order valence-corrected chi connectivity index (χ2v) is 4.22. The van der Waals surface area contributed by atoms with Gasteiger partial charge in [-0.25, -0.2) is 0 Å². The van der Waals surface area contributed by atoms with Crippen molar-refractivity contribution in [2.75, 3.05) is 29.6 Å². The molecule has 0 aromatic carbocycles. The van der Waals surface area contributed by atoms with Crippen LogP contribution in [0.3, 0.4) is 0 Å². The minimum Gasteiger partial charge on any atom is -0.330 e. The quantitative estimate of drug-likeness (QED) is 0.603. The van der Waals surface area contributed by atoms with E-state index < -0.39 is 0 Å². The second kappa shape index (κ2) is 8.66. The SMILES string of the molecule is CCSCCSCCN. The molecule has 9 heavy (non-hydrogen) atoms. The lowest BCUT2D eigenvalue weighted by atomic mass is 10.8. The van der Waals surface area contributed by atoms with E-state index in [1.165, 1.54) is 17.3 Å². The number of thioether (sulfide) groups is 2. The first-order valence-corrected chi connectivity index (χ1v) is 5.58. The fourth-order valence-corrected chi connectivity index (χ4v) is 2.05. The highest BCUT2D eigenvalue weighted by atomic mass is 32.2. The van der Waals surface area contributed by atoms with Crippen LogP contribution in [0.4, 0.5) is 0 Å². The molecule has 0 aliphatic rings. The Hall–Kier alpha value is 0.660. The van der Waals surface area contributed by atoms with E-state index in [0.29, 0.717) is 0 Å². The van der Waals surface area contributed by atoms with Crippen molar-refractivity contribution < 1.29 is 0 Å². The van der Waals surface area contributed by atoms with Crippen LogP contribution in [0.1, 0.15) is 6.92 Å². The van der Waals surface area contributed by atoms with Crippen molar-refractivity contribution in [3.63, 3.8) is 0 Å². The van der Waals surface area contributed by atoms with Crippen LogP contribution < -0.4 is 5.73 Å². The van der Waals surface area contributed by atoms with Gasteiger partial charge in [0.1, 0.15) is 0 Å². The van der Waals surface area contributed by atoms with Gasteiger partial charge in [-0.2, -0.15) is 23.5 Å². The third-order valence-electron chi connectivity index (χ3n) is 0.838. The largest absolute Gasteiger partial charge is 0.330 e. The summed E-state index contributed by atoms with van der Waals surface area (Å²) < 4.78 is 0. The molecular weight excluding hydrogens is 150 g/mol. The maximum atomic E-state index is 5.32. The van der Waals surface area contributed by atoms with E-state index in [-0.39, 0.29) is 0 Å². The molecular formula is C6H15NS2. The highest BCUT2D eigenvalue weighted by Crippen LogP contribution is 2.04. The summed E-state index contributed by atoms with van der Waals surface area (Å²) in [6, 6.07) is 0. The van der Waals surface area contributed by atoms with Gasteiger partial charge >= 0.3 is 0 Å². The van der Waals surface area contributed by atoms with Crippen LogP contribution in [0.2, 0.25) is 0 Å². The van der Waals surface area contributed by atoms with E-state index in [0.717, 1.165) is 12.3 Å². The lowest BCUT2D eigenvalue weighted by Gasteiger charge is -1.96. The third-order valence-corrected chi connectivity index (χ3v) is 3.01. The molecule has 0 saturated carbocycles. The highest BCUT2D eigenvalue weighted by Gasteiger charge is 1.85. The molecule has 56 valence electrons. The van der Waals surface area contributed by atoms with Crippen molar-refractivity contribution in [2.45, 2.75) is 6.92 Å². The maximum Gasteiger partial charge on any atom is 0.00561 e. The van der Waals surface area contributed by atoms with Crippen molar-refractivity contribution in [2.24, 2.45) is 5.73 Å². The van der Waals surface area contributed by atoms with Crippen molar-refractivity contribution in [1.29, 1.82) is 0 Å². The molecule has 0 radical (unpaired) electrons. The Labute approximate surface area is 66.2 Å². The zero-order chi connectivity index (χ0) is 6.95. The number of hydrogen-bond donors (Lipinski definition) is 1. The Morgan fingerprint density at radius 1 is 1.11 bits per heavy atom. The van der Waals surface area contributed by atoms with E-state index in [2.05, 4.69) is 6.92 Å². The molecule has 0 spiro atoms. The number of nitrogens with two attached hydrogens (primary N) is 1. The molecule has 1 nitrogen and oxygen atoms in total. The first kappa shape index (κ1) is 9.66. The van der Waals surface area contributed by atoms with Gasteiger partial charge in [-0.15, -0.1) is 0 Å². The summed E-state index contributed by atoms with van der Waals surface area (Å²) in [7, 11) is 0. The van der Waals surface area contributed by atoms with E-state index in [9.17, 15) is 0 Å². The van der Waals surface area contributed by atoms with Crippen LogP contribution >= 0.6 is 23.5 Å². The van der Waals surface area contributed by atoms with Gasteiger partial charge in [-0.3, -0.25) is 0 Å². The summed E-state index contributed by atoms with van der Waals surface area (Å²) >= 11 is 3.94. The molecule has 2 N–H and O–H groups in total. The lowest BCUT2D eigenvalue weighted by molar-refractivity contribution is 1.15. The van der Waals surface area contributed by atoms with Gasteiger partial charge in [0.05, 0.1) is 0 Å². The Morgan fingerprint density at radius 3 is 2.33 bits per heavy atom. The molecule has 0 aromatic heterocycles. The van der Waals surface area contributed by atoms with Crippen LogP contribution in [0.15, 0.2) is 0 Å². The molecule has 0 rings (SSSR count). The average Bonchev–Trinajstić information content (AvgIpc) is 1.89. The summed E-state index contributed by atoms with van der Waals surface area (Å²) in [4.78, 5) is 0. The van der Waals surface area contributed by atoms with Gasteiger partial charge in [-0.05, 0) is 5.75 Å². The van der Waals surface area contributed by atoms with E-state index in [1.54, 1.807) is 0 Å². The van der Waals surface area contributed by atoms with E-state index in [4.69, 9.17) is 5.73 Å². The molecule has 0 bridgehead atoms. The fourth-order valence-electron chi connectivity index (χ4n) is 0.448. The van der Waals surface area contributed by atoms with Crippen molar-refractivity contribution in [1.82, 2.24) is 0 Å². The normalized spacial score (nSPS) is 10.0. The fraction of sp³-hybridized carbons (Fsp3) is 1.00. The van der Waals surface area contributed by atoms with Crippen molar-refractivity contribution in [3.8, 4) is 0 Å². The van der Waals surface area contributed by atoms with Crippen LogP contribution in [0.25, 0.3) is 0 Å². The lowest BCUT2D eigenvalue weighted by Crippen LogP contribution is -2.02. The number of rotatable bonds is 6. The summed E-state index contributed by atoms with van der Waals surface area (Å²) in [6.45, 7) is 3.01. The van der Waals surface area contributed by atoms with Gasteiger partial charge in [0.25, 0.3) is 0 Å². The van der Waals surface area contributed by atoms with Gasteiger partial charge in [-0.1, -0.05) is 6.92 Å². The Balaban J connectivity index is 2.60. The standard InChI is InChI=1S/C6H15NS2/c1-2-8-5-6-9-4-3-7/h2-7H2,1H3. The number of hydrogen-bond acceptors (Lipinski definition) is 3. The summed E-state index contributed by atoms with van der Waals surface area (Å²) in [5, 5.41) is 0. The summed E-state index contributed by atoms with van der Waals surface area (Å²) in [6.07, 6.45) is 0. The van der Waals surface area contributed by atoms with Crippen molar-refractivity contribution in [3.05, 3.63) is 0 Å². The Kier molecular flexibility index (Phi) is 9.30. The molecule has 0 heterocycles. The molecule has 0 aliphatic carbocycles. The van der Waals surface area contributed by atoms with Crippen LogP contribution in [-0.2, 0) is 0 Å². The molecule has 0 unspecified atom stereocenters. The molecule has 0 atom stereocenters. The Morgan fingerprint density at radius 2 is 1.78 bits per heavy atom. The maximum absolute atomic E-state index is 5.32. The van der Waals surface area contributed by atoms with E-state index in [1.807, 2.05) is 23.5 Å². The monoisotopic (exact) mass is 165 g/mol. The molecule has 0 aliphatic heterocycles. The topological polar surface area (TPSA) is 26.0 Å². The molecule has 0 aromatic rings. The Bertz CT molecular complexity index is 44.3. The first-order valence-electron chi connectivity index (χ1n) is 3.27. The van der Waals surface area contributed by atoms with Gasteiger partial charge < -0.3 is 5.73 Å². The van der Waals surface area contributed by atoms with Crippen LogP contribution in [-0.4, -0.2) is 29.6 Å². The minimum atomic E-state index is 0.821. The third kappa shape index (κ3) is 8.66. The average molecular weight is 165 g/mol. The van der Waals surface area contributed by atoms with Crippen LogP contribution in [0.5, 0.6) is 0 Å².